The molecule has 132 valence electrons. The summed E-state index contributed by atoms with van der Waals surface area (Å²) >= 11 is 0. The number of aliphatic hydroxyl groups is 2. The average molecular weight is 328 g/mol. The maximum absolute atomic E-state index is 12.3. The molecule has 0 aromatic rings. The third-order valence-electron chi connectivity index (χ3n) is 3.93. The van der Waals surface area contributed by atoms with Gasteiger partial charge in [0.2, 0.25) is 0 Å². The van der Waals surface area contributed by atoms with Crippen LogP contribution in [0.1, 0.15) is 52.9 Å². The van der Waals surface area contributed by atoms with Crippen LogP contribution in [0.5, 0.6) is 0 Å². The van der Waals surface area contributed by atoms with Gasteiger partial charge in [0, 0.05) is 6.92 Å². The number of aliphatic hydroxyl groups excluding tert-OH is 2. The highest BCUT2D eigenvalue weighted by Gasteiger charge is 2.31. The van der Waals surface area contributed by atoms with Gasteiger partial charge in [-0.05, 0) is 52.0 Å². The standard InChI is InChI=1S/C17H28O6/c1-11(18)7-6-10-16-14(20)8-4-5-9-15(22-13(3)19)12(2)17(21)23-16/h5,9,11-12,14-16,18,20H,4,6-8,10H2,1-3H3/b9-5+/t11-,12+,14-,15+,16+/m0/s1. The number of esters is 2. The molecule has 5 atom stereocenters. The lowest BCUT2D eigenvalue weighted by Crippen LogP contribution is -2.37. The van der Waals surface area contributed by atoms with E-state index in [1.54, 1.807) is 19.9 Å². The van der Waals surface area contributed by atoms with Crippen LogP contribution in [0.2, 0.25) is 0 Å². The normalized spacial score (nSPS) is 31.8. The first-order valence-corrected chi connectivity index (χ1v) is 8.21. The highest BCUT2D eigenvalue weighted by atomic mass is 16.6. The highest BCUT2D eigenvalue weighted by Crippen LogP contribution is 2.21. The van der Waals surface area contributed by atoms with E-state index >= 15 is 0 Å². The van der Waals surface area contributed by atoms with Crippen LogP contribution in [0.25, 0.3) is 0 Å². The molecule has 2 N–H and O–H groups in total. The van der Waals surface area contributed by atoms with E-state index in [4.69, 9.17) is 9.47 Å². The van der Waals surface area contributed by atoms with E-state index in [1.165, 1.54) is 6.92 Å². The molecule has 0 saturated carbocycles. The lowest BCUT2D eigenvalue weighted by molar-refractivity contribution is -0.166. The maximum Gasteiger partial charge on any atom is 0.313 e. The molecule has 0 amide bonds. The predicted octanol–water partition coefficient (Wildman–Crippen LogP) is 1.73. The Morgan fingerprint density at radius 1 is 1.52 bits per heavy atom. The second-order valence-electron chi connectivity index (χ2n) is 6.19. The highest BCUT2D eigenvalue weighted by molar-refractivity contribution is 5.74. The van der Waals surface area contributed by atoms with Gasteiger partial charge in [0.25, 0.3) is 0 Å². The zero-order valence-corrected chi connectivity index (χ0v) is 14.1. The van der Waals surface area contributed by atoms with Gasteiger partial charge < -0.3 is 19.7 Å². The molecule has 0 saturated heterocycles. The van der Waals surface area contributed by atoms with Crippen LogP contribution >= 0.6 is 0 Å². The van der Waals surface area contributed by atoms with E-state index < -0.39 is 42.3 Å². The van der Waals surface area contributed by atoms with Crippen molar-refractivity contribution in [2.45, 2.75) is 77.3 Å². The van der Waals surface area contributed by atoms with Crippen molar-refractivity contribution in [1.82, 2.24) is 0 Å². The summed E-state index contributed by atoms with van der Waals surface area (Å²) in [4.78, 5) is 23.4. The Kier molecular flexibility index (Phi) is 8.26. The molecule has 0 aromatic carbocycles. The largest absolute Gasteiger partial charge is 0.459 e. The van der Waals surface area contributed by atoms with Crippen molar-refractivity contribution in [2.24, 2.45) is 5.92 Å². The van der Waals surface area contributed by atoms with E-state index in [2.05, 4.69) is 0 Å². The maximum atomic E-state index is 12.3. The van der Waals surface area contributed by atoms with Gasteiger partial charge >= 0.3 is 11.9 Å². The van der Waals surface area contributed by atoms with Gasteiger partial charge in [-0.15, -0.1) is 0 Å². The molecule has 1 aliphatic rings. The number of allylic oxidation sites excluding steroid dienone is 1. The molecule has 0 spiro atoms. The number of carbonyl (C=O) groups excluding carboxylic acids is 2. The van der Waals surface area contributed by atoms with Crippen LogP contribution in [0.15, 0.2) is 12.2 Å². The van der Waals surface area contributed by atoms with E-state index in [1.807, 2.05) is 6.08 Å². The van der Waals surface area contributed by atoms with E-state index in [9.17, 15) is 19.8 Å². The summed E-state index contributed by atoms with van der Waals surface area (Å²) < 4.78 is 10.6. The molecule has 0 unspecified atom stereocenters. The Bertz CT molecular complexity index is 417. The number of rotatable bonds is 5. The molecule has 1 heterocycles. The van der Waals surface area contributed by atoms with Gasteiger partial charge in [0.15, 0.2) is 0 Å². The first-order chi connectivity index (χ1) is 10.8. The third-order valence-corrected chi connectivity index (χ3v) is 3.93. The van der Waals surface area contributed by atoms with E-state index in [-0.39, 0.29) is 0 Å². The SMILES string of the molecule is CC(=O)O[C@@H]1/C=C/CC[C@H](O)[C@@H](CCC[C@H](C)O)OC(=O)[C@@H]1C. The third kappa shape index (κ3) is 7.14. The number of cyclic esters (lactones) is 1. The van der Waals surface area contributed by atoms with Crippen molar-refractivity contribution in [3.8, 4) is 0 Å². The van der Waals surface area contributed by atoms with Crippen molar-refractivity contribution < 1.29 is 29.3 Å². The lowest BCUT2D eigenvalue weighted by Gasteiger charge is -2.27. The second-order valence-corrected chi connectivity index (χ2v) is 6.19. The van der Waals surface area contributed by atoms with Gasteiger partial charge in [0.1, 0.15) is 12.2 Å². The summed E-state index contributed by atoms with van der Waals surface area (Å²) in [5.41, 5.74) is 0. The molecule has 1 aliphatic heterocycles. The van der Waals surface area contributed by atoms with Gasteiger partial charge in [-0.25, -0.2) is 0 Å². The summed E-state index contributed by atoms with van der Waals surface area (Å²) in [7, 11) is 0. The summed E-state index contributed by atoms with van der Waals surface area (Å²) in [6.07, 6.45) is 3.88. The molecule has 0 bridgehead atoms. The van der Waals surface area contributed by atoms with E-state index in [0.29, 0.717) is 32.1 Å². The number of carbonyl (C=O) groups is 2. The van der Waals surface area contributed by atoms with Gasteiger partial charge in [0.05, 0.1) is 18.1 Å². The van der Waals surface area contributed by atoms with Crippen LogP contribution in [0, 0.1) is 5.92 Å². The number of hydrogen-bond acceptors (Lipinski definition) is 6. The van der Waals surface area contributed by atoms with Crippen molar-refractivity contribution in [3.63, 3.8) is 0 Å². The van der Waals surface area contributed by atoms with Gasteiger partial charge in [-0.3, -0.25) is 9.59 Å². The molecule has 6 nitrogen and oxygen atoms in total. The quantitative estimate of drug-likeness (QED) is 0.590. The van der Waals surface area contributed by atoms with Crippen LogP contribution in [0.4, 0.5) is 0 Å². The first-order valence-electron chi connectivity index (χ1n) is 8.21. The predicted molar refractivity (Wildman–Crippen MR) is 84.5 cm³/mol. The van der Waals surface area contributed by atoms with E-state index in [0.717, 1.165) is 0 Å². The van der Waals surface area contributed by atoms with Gasteiger partial charge in [-0.2, -0.15) is 0 Å². The summed E-state index contributed by atoms with van der Waals surface area (Å²) in [5.74, 6) is -1.59. The minimum Gasteiger partial charge on any atom is -0.459 e. The summed E-state index contributed by atoms with van der Waals surface area (Å²) in [5, 5.41) is 19.5. The Hall–Kier alpha value is -1.40. The van der Waals surface area contributed by atoms with Gasteiger partial charge in [-0.1, -0.05) is 6.08 Å². The second kappa shape index (κ2) is 9.67. The molecule has 0 aliphatic carbocycles. The topological polar surface area (TPSA) is 93.1 Å². The number of ether oxygens (including phenoxy) is 2. The Morgan fingerprint density at radius 2 is 2.22 bits per heavy atom. The van der Waals surface area contributed by atoms with Crippen LogP contribution in [-0.4, -0.2) is 46.6 Å². The average Bonchev–Trinajstić information content (AvgIpc) is 2.46. The fraction of sp³-hybridized carbons (Fsp3) is 0.765. The fourth-order valence-corrected chi connectivity index (χ4v) is 2.52. The minimum absolute atomic E-state index is 0.419. The summed E-state index contributed by atoms with van der Waals surface area (Å²) in [6, 6.07) is 0. The number of hydrogen-bond donors (Lipinski definition) is 2. The zero-order chi connectivity index (χ0) is 17.4. The molecule has 0 fully saturated rings. The smallest absolute Gasteiger partial charge is 0.313 e. The van der Waals surface area contributed by atoms with Crippen LogP contribution < -0.4 is 0 Å². The zero-order valence-electron chi connectivity index (χ0n) is 14.1. The summed E-state index contributed by atoms with van der Waals surface area (Å²) in [6.45, 7) is 4.64. The van der Waals surface area contributed by atoms with Crippen molar-refractivity contribution in [1.29, 1.82) is 0 Å². The molecular weight excluding hydrogens is 300 g/mol. The lowest BCUT2D eigenvalue weighted by atomic mass is 9.98. The monoisotopic (exact) mass is 328 g/mol. The first kappa shape index (κ1) is 19.6. The Labute approximate surface area is 137 Å². The molecule has 0 radical (unpaired) electrons. The Balaban J connectivity index is 2.76. The van der Waals surface area contributed by atoms with Crippen molar-refractivity contribution >= 4 is 11.9 Å². The molecule has 1 rings (SSSR count). The minimum atomic E-state index is -0.741. The molecular formula is C17H28O6. The van der Waals surface area contributed by atoms with Crippen molar-refractivity contribution in [3.05, 3.63) is 12.2 Å². The molecule has 0 aromatic heterocycles. The molecule has 23 heavy (non-hydrogen) atoms. The van der Waals surface area contributed by atoms with Crippen molar-refractivity contribution in [2.75, 3.05) is 0 Å². The van der Waals surface area contributed by atoms with Crippen LogP contribution in [0.3, 0.4) is 0 Å². The molecule has 6 heteroatoms. The fourth-order valence-electron chi connectivity index (χ4n) is 2.52. The Morgan fingerprint density at radius 3 is 2.83 bits per heavy atom. The van der Waals surface area contributed by atoms with Crippen LogP contribution in [-0.2, 0) is 19.1 Å².